The minimum absolute atomic E-state index is 0.0495. The van der Waals surface area contributed by atoms with Crippen molar-refractivity contribution in [2.45, 2.75) is 53.5 Å². The smallest absolute Gasteiger partial charge is 0.304 e. The fraction of sp³-hybridized carbons (Fsp3) is 0.846. The second-order valence-electron chi connectivity index (χ2n) is 6.05. The Morgan fingerprint density at radius 1 is 1.18 bits per heavy atom. The van der Waals surface area contributed by atoms with Crippen LogP contribution in [0.4, 0.5) is 0 Å². The van der Waals surface area contributed by atoms with E-state index < -0.39 is 11.9 Å². The van der Waals surface area contributed by atoms with Gasteiger partial charge in [-0.05, 0) is 32.6 Å². The lowest BCUT2D eigenvalue weighted by atomic mass is 9.82. The molecule has 0 aromatic carbocycles. The quantitative estimate of drug-likeness (QED) is 0.778. The summed E-state index contributed by atoms with van der Waals surface area (Å²) < 4.78 is 0. The maximum absolute atomic E-state index is 12.1. The van der Waals surface area contributed by atoms with E-state index in [9.17, 15) is 9.59 Å². The van der Waals surface area contributed by atoms with Crippen molar-refractivity contribution >= 4 is 11.9 Å². The van der Waals surface area contributed by atoms with Gasteiger partial charge in [-0.25, -0.2) is 0 Å². The number of amides is 1. The van der Waals surface area contributed by atoms with Gasteiger partial charge in [-0.2, -0.15) is 0 Å². The Kier molecular flexibility index (Phi) is 5.66. The van der Waals surface area contributed by atoms with E-state index >= 15 is 0 Å². The number of carboxylic acids is 1. The molecule has 0 aromatic heterocycles. The normalized spacial score (nSPS) is 15.5. The average molecular weight is 243 g/mol. The first-order valence-corrected chi connectivity index (χ1v) is 6.08. The Labute approximate surface area is 104 Å². The van der Waals surface area contributed by atoms with Crippen LogP contribution in [0, 0.1) is 17.8 Å². The molecule has 100 valence electrons. The predicted octanol–water partition coefficient (Wildman–Crippen LogP) is 2.28. The van der Waals surface area contributed by atoms with Gasteiger partial charge in [0.1, 0.15) is 0 Å². The molecule has 0 heterocycles. The zero-order chi connectivity index (χ0) is 13.8. The first-order chi connectivity index (χ1) is 7.54. The van der Waals surface area contributed by atoms with Gasteiger partial charge < -0.3 is 10.4 Å². The number of nitrogens with one attached hydrogen (secondary N) is 1. The topological polar surface area (TPSA) is 66.4 Å². The highest BCUT2D eigenvalue weighted by molar-refractivity contribution is 5.83. The molecule has 0 spiro atoms. The SMILES string of the molecule is CC(C)[C@H](C)C(CC(=O)O)C(=O)NC(C)(C)C. The van der Waals surface area contributed by atoms with Crippen molar-refractivity contribution in [1.29, 1.82) is 0 Å². The third-order valence-electron chi connectivity index (χ3n) is 2.92. The lowest BCUT2D eigenvalue weighted by Crippen LogP contribution is -2.46. The zero-order valence-corrected chi connectivity index (χ0v) is 11.7. The number of carboxylic acid groups (broad SMARTS) is 1. The van der Waals surface area contributed by atoms with Gasteiger partial charge in [0.05, 0.1) is 12.3 Å². The summed E-state index contributed by atoms with van der Waals surface area (Å²) in [6.07, 6.45) is -0.110. The van der Waals surface area contributed by atoms with Crippen LogP contribution in [0.2, 0.25) is 0 Å². The summed E-state index contributed by atoms with van der Waals surface area (Å²) in [6, 6.07) is 0. The summed E-state index contributed by atoms with van der Waals surface area (Å²) in [4.78, 5) is 22.9. The minimum atomic E-state index is -0.924. The van der Waals surface area contributed by atoms with Crippen molar-refractivity contribution in [3.63, 3.8) is 0 Å². The van der Waals surface area contributed by atoms with Gasteiger partial charge in [-0.15, -0.1) is 0 Å². The van der Waals surface area contributed by atoms with E-state index in [1.807, 2.05) is 41.5 Å². The highest BCUT2D eigenvalue weighted by atomic mass is 16.4. The first-order valence-electron chi connectivity index (χ1n) is 6.08. The second kappa shape index (κ2) is 6.03. The minimum Gasteiger partial charge on any atom is -0.481 e. The highest BCUT2D eigenvalue weighted by Crippen LogP contribution is 2.24. The molecular formula is C13H25NO3. The number of hydrogen-bond acceptors (Lipinski definition) is 2. The summed E-state index contributed by atoms with van der Waals surface area (Å²) in [5, 5.41) is 11.7. The van der Waals surface area contributed by atoms with Gasteiger partial charge in [-0.3, -0.25) is 9.59 Å². The first kappa shape index (κ1) is 15.9. The van der Waals surface area contributed by atoms with E-state index in [0.717, 1.165) is 0 Å². The number of aliphatic carboxylic acids is 1. The van der Waals surface area contributed by atoms with Crippen LogP contribution in [-0.2, 0) is 9.59 Å². The summed E-state index contributed by atoms with van der Waals surface area (Å²) in [5.41, 5.74) is -0.329. The van der Waals surface area contributed by atoms with E-state index in [2.05, 4.69) is 5.32 Å². The molecule has 0 fully saturated rings. The van der Waals surface area contributed by atoms with Crippen molar-refractivity contribution in [2.24, 2.45) is 17.8 Å². The van der Waals surface area contributed by atoms with Gasteiger partial charge in [0.2, 0.25) is 5.91 Å². The number of carbonyl (C=O) groups excluding carboxylic acids is 1. The molecule has 0 radical (unpaired) electrons. The second-order valence-corrected chi connectivity index (χ2v) is 6.05. The maximum Gasteiger partial charge on any atom is 0.304 e. The molecule has 0 aliphatic carbocycles. The average Bonchev–Trinajstić information content (AvgIpc) is 2.09. The lowest BCUT2D eigenvalue weighted by Gasteiger charge is -2.29. The third-order valence-corrected chi connectivity index (χ3v) is 2.92. The van der Waals surface area contributed by atoms with E-state index in [-0.39, 0.29) is 29.7 Å². The molecule has 0 aromatic rings. The number of carbonyl (C=O) groups is 2. The molecule has 17 heavy (non-hydrogen) atoms. The third kappa shape index (κ3) is 6.29. The van der Waals surface area contributed by atoms with Crippen LogP contribution in [0.15, 0.2) is 0 Å². The van der Waals surface area contributed by atoms with Gasteiger partial charge in [0.15, 0.2) is 0 Å². The van der Waals surface area contributed by atoms with E-state index in [1.54, 1.807) is 0 Å². The molecule has 4 nitrogen and oxygen atoms in total. The number of rotatable bonds is 5. The molecular weight excluding hydrogens is 218 g/mol. The molecule has 0 aliphatic heterocycles. The van der Waals surface area contributed by atoms with Crippen LogP contribution in [0.5, 0.6) is 0 Å². The van der Waals surface area contributed by atoms with Gasteiger partial charge in [-0.1, -0.05) is 20.8 Å². The van der Waals surface area contributed by atoms with Crippen LogP contribution in [-0.4, -0.2) is 22.5 Å². The molecule has 4 heteroatoms. The molecule has 0 bridgehead atoms. The van der Waals surface area contributed by atoms with Gasteiger partial charge in [0.25, 0.3) is 0 Å². The Bertz CT molecular complexity index is 279. The van der Waals surface area contributed by atoms with Gasteiger partial charge in [0, 0.05) is 5.54 Å². The lowest BCUT2D eigenvalue weighted by molar-refractivity contribution is -0.143. The molecule has 0 aliphatic rings. The van der Waals surface area contributed by atoms with Crippen LogP contribution in [0.25, 0.3) is 0 Å². The fourth-order valence-corrected chi connectivity index (χ4v) is 1.63. The molecule has 0 saturated heterocycles. The van der Waals surface area contributed by atoms with E-state index in [1.165, 1.54) is 0 Å². The summed E-state index contributed by atoms with van der Waals surface area (Å²) in [7, 11) is 0. The van der Waals surface area contributed by atoms with E-state index in [4.69, 9.17) is 5.11 Å². The van der Waals surface area contributed by atoms with Crippen LogP contribution < -0.4 is 5.32 Å². The van der Waals surface area contributed by atoms with Crippen LogP contribution in [0.1, 0.15) is 48.0 Å². The Hall–Kier alpha value is -1.06. The predicted molar refractivity (Wildman–Crippen MR) is 67.6 cm³/mol. The molecule has 1 unspecified atom stereocenters. The Morgan fingerprint density at radius 3 is 1.94 bits per heavy atom. The van der Waals surface area contributed by atoms with Crippen LogP contribution in [0.3, 0.4) is 0 Å². The van der Waals surface area contributed by atoms with Crippen molar-refractivity contribution in [3.8, 4) is 0 Å². The number of hydrogen-bond donors (Lipinski definition) is 2. The largest absolute Gasteiger partial charge is 0.481 e. The molecule has 2 atom stereocenters. The Morgan fingerprint density at radius 2 is 1.65 bits per heavy atom. The maximum atomic E-state index is 12.1. The fourth-order valence-electron chi connectivity index (χ4n) is 1.63. The van der Waals surface area contributed by atoms with Crippen molar-refractivity contribution < 1.29 is 14.7 Å². The zero-order valence-electron chi connectivity index (χ0n) is 11.7. The van der Waals surface area contributed by atoms with Gasteiger partial charge >= 0.3 is 5.97 Å². The highest BCUT2D eigenvalue weighted by Gasteiger charge is 2.31. The van der Waals surface area contributed by atoms with Crippen molar-refractivity contribution in [1.82, 2.24) is 5.32 Å². The standard InChI is InChI=1S/C13H25NO3/c1-8(2)9(3)10(7-11(15)16)12(17)14-13(4,5)6/h8-10H,7H2,1-6H3,(H,14,17)(H,15,16)/t9-,10?/m0/s1. The summed E-state index contributed by atoms with van der Waals surface area (Å²) >= 11 is 0. The summed E-state index contributed by atoms with van der Waals surface area (Å²) in [5.74, 6) is -1.22. The van der Waals surface area contributed by atoms with E-state index in [0.29, 0.717) is 0 Å². The molecule has 1 amide bonds. The van der Waals surface area contributed by atoms with Crippen molar-refractivity contribution in [2.75, 3.05) is 0 Å². The molecule has 2 N–H and O–H groups in total. The molecule has 0 saturated carbocycles. The Balaban J connectivity index is 4.80. The van der Waals surface area contributed by atoms with Crippen molar-refractivity contribution in [3.05, 3.63) is 0 Å². The summed E-state index contributed by atoms with van der Waals surface area (Å²) in [6.45, 7) is 11.6. The monoisotopic (exact) mass is 243 g/mol. The molecule has 0 rings (SSSR count). The van der Waals surface area contributed by atoms with Crippen LogP contribution >= 0.6 is 0 Å².